The number of anilines is 4. The predicted molar refractivity (Wildman–Crippen MR) is 229 cm³/mol. The standard InChI is InChI=1S/C49H26N10O/c50-22-32-16-13-29(26-55-32)45-38(25-53)46(30-14-17-33(23-51)56-27-30)49(47(48(45)54)31-15-18-34(24-52)57-28-31)59-39-8-2-1-7-36(39)37-21-35(19-20-40(37)59)58-41-9-3-5-11-43(41)60-44-12-6-4-10-42(44)58/h1-21,26-28H,54H2. The van der Waals surface area contributed by atoms with Gasteiger partial charge in [0.2, 0.25) is 0 Å². The van der Waals surface area contributed by atoms with E-state index in [4.69, 9.17) is 10.5 Å². The van der Waals surface area contributed by atoms with E-state index in [1.54, 1.807) is 48.8 Å². The van der Waals surface area contributed by atoms with Gasteiger partial charge in [-0.1, -0.05) is 42.5 Å². The van der Waals surface area contributed by atoms with E-state index in [1.807, 2.05) is 66.7 Å². The summed E-state index contributed by atoms with van der Waals surface area (Å²) in [6, 6.07) is 49.0. The quantitative estimate of drug-likeness (QED) is 0.166. The van der Waals surface area contributed by atoms with E-state index in [0.29, 0.717) is 39.1 Å². The van der Waals surface area contributed by atoms with Crippen LogP contribution in [0.2, 0.25) is 0 Å². The molecule has 11 nitrogen and oxygen atoms in total. The van der Waals surface area contributed by atoms with Crippen LogP contribution >= 0.6 is 0 Å². The number of hydrogen-bond donors (Lipinski definition) is 1. The second-order valence-electron chi connectivity index (χ2n) is 13.9. The maximum atomic E-state index is 11.2. The second kappa shape index (κ2) is 14.0. The van der Waals surface area contributed by atoms with E-state index in [0.717, 1.165) is 50.4 Å². The molecule has 2 N–H and O–H groups in total. The highest BCUT2D eigenvalue weighted by molar-refractivity contribution is 6.14. The van der Waals surface area contributed by atoms with Gasteiger partial charge in [0.25, 0.3) is 0 Å². The number of hydrogen-bond acceptors (Lipinski definition) is 10. The summed E-state index contributed by atoms with van der Waals surface area (Å²) >= 11 is 0. The molecule has 0 unspecified atom stereocenters. The fourth-order valence-corrected chi connectivity index (χ4v) is 8.11. The van der Waals surface area contributed by atoms with Crippen LogP contribution in [-0.4, -0.2) is 19.5 Å². The molecular weight excluding hydrogens is 745 g/mol. The van der Waals surface area contributed by atoms with Gasteiger partial charge >= 0.3 is 0 Å². The molecular formula is C49H26N10O. The monoisotopic (exact) mass is 770 g/mol. The Hall–Kier alpha value is -9.29. The first-order valence-electron chi connectivity index (χ1n) is 18.7. The van der Waals surface area contributed by atoms with Gasteiger partial charge in [0.1, 0.15) is 41.4 Å². The first kappa shape index (κ1) is 35.1. The molecule has 0 spiro atoms. The first-order valence-corrected chi connectivity index (χ1v) is 18.7. The van der Waals surface area contributed by atoms with Crippen LogP contribution < -0.4 is 15.4 Å². The number of nitrogen functional groups attached to an aromatic ring is 1. The summed E-state index contributed by atoms with van der Waals surface area (Å²) in [7, 11) is 0. The van der Waals surface area contributed by atoms with E-state index in [-0.39, 0.29) is 28.3 Å². The third-order valence-electron chi connectivity index (χ3n) is 10.7. The van der Waals surface area contributed by atoms with E-state index in [2.05, 4.69) is 73.0 Å². The molecule has 9 aromatic rings. The number of para-hydroxylation sites is 5. The van der Waals surface area contributed by atoms with Crippen molar-refractivity contribution in [1.82, 2.24) is 19.5 Å². The summed E-state index contributed by atoms with van der Waals surface area (Å²) in [4.78, 5) is 15.4. The number of aromatic nitrogens is 4. The number of nitrogens with zero attached hydrogens (tertiary/aromatic N) is 9. The van der Waals surface area contributed by atoms with Crippen molar-refractivity contribution in [2.24, 2.45) is 0 Å². The average Bonchev–Trinajstić information content (AvgIpc) is 3.63. The highest BCUT2D eigenvalue weighted by atomic mass is 16.5. The minimum atomic E-state index is 0.203. The van der Waals surface area contributed by atoms with Crippen LogP contribution in [0.15, 0.2) is 146 Å². The lowest BCUT2D eigenvalue weighted by Gasteiger charge is -2.32. The SMILES string of the molecule is N#Cc1ccc(-c2c(N)c(-c3ccc(C#N)nc3)c(-n3c4ccccc4c4cc(N5c6ccccc6Oc6ccccc65)ccc43)c(-c3ccc(C#N)nc3)c2C#N)cn1. The van der Waals surface area contributed by atoms with E-state index in [9.17, 15) is 21.0 Å². The lowest BCUT2D eigenvalue weighted by molar-refractivity contribution is 0.477. The summed E-state index contributed by atoms with van der Waals surface area (Å²) in [5.41, 5.74) is 16.4. The van der Waals surface area contributed by atoms with Crippen molar-refractivity contribution >= 4 is 44.6 Å². The van der Waals surface area contributed by atoms with Gasteiger partial charge < -0.3 is 19.9 Å². The number of benzene rings is 5. The number of nitriles is 4. The molecule has 5 heterocycles. The molecule has 0 saturated heterocycles. The van der Waals surface area contributed by atoms with Crippen LogP contribution in [0.4, 0.5) is 22.7 Å². The maximum absolute atomic E-state index is 11.2. The highest BCUT2D eigenvalue weighted by Crippen LogP contribution is 2.53. The van der Waals surface area contributed by atoms with E-state index < -0.39 is 0 Å². The molecule has 1 aliphatic rings. The van der Waals surface area contributed by atoms with Crippen LogP contribution in [0, 0.1) is 45.3 Å². The molecule has 10 rings (SSSR count). The van der Waals surface area contributed by atoms with Gasteiger partial charge in [-0.05, 0) is 84.9 Å². The third kappa shape index (κ3) is 5.44. The number of ether oxygens (including phenoxy) is 1. The van der Waals surface area contributed by atoms with Crippen LogP contribution in [0.5, 0.6) is 11.5 Å². The number of nitrogens with two attached hydrogens (primary N) is 1. The zero-order valence-electron chi connectivity index (χ0n) is 31.4. The Bertz CT molecular complexity index is 3350. The van der Waals surface area contributed by atoms with Crippen molar-refractivity contribution in [2.45, 2.75) is 0 Å². The molecule has 0 aliphatic carbocycles. The minimum absolute atomic E-state index is 0.203. The Kier molecular flexibility index (Phi) is 8.21. The molecule has 1 aliphatic heterocycles. The highest BCUT2D eigenvalue weighted by Gasteiger charge is 2.31. The van der Waals surface area contributed by atoms with E-state index >= 15 is 0 Å². The predicted octanol–water partition coefficient (Wildman–Crippen LogP) is 10.6. The lowest BCUT2D eigenvalue weighted by Crippen LogP contribution is -2.15. The number of pyridine rings is 3. The van der Waals surface area contributed by atoms with Crippen molar-refractivity contribution in [3.8, 4) is 74.8 Å². The molecule has 278 valence electrons. The Labute approximate surface area is 342 Å². The van der Waals surface area contributed by atoms with Gasteiger partial charge in [0, 0.05) is 68.4 Å². The van der Waals surface area contributed by atoms with Crippen molar-refractivity contribution in [1.29, 1.82) is 21.0 Å². The Balaban J connectivity index is 1.34. The van der Waals surface area contributed by atoms with Crippen LogP contribution in [0.3, 0.4) is 0 Å². The van der Waals surface area contributed by atoms with Crippen LogP contribution in [0.1, 0.15) is 22.6 Å². The molecule has 0 amide bonds. The Morgan fingerprint density at radius 1 is 0.500 bits per heavy atom. The average molecular weight is 771 g/mol. The fourth-order valence-electron chi connectivity index (χ4n) is 8.11. The third-order valence-corrected chi connectivity index (χ3v) is 10.7. The lowest BCUT2D eigenvalue weighted by atomic mass is 9.85. The first-order chi connectivity index (χ1) is 29.5. The summed E-state index contributed by atoms with van der Waals surface area (Å²) < 4.78 is 8.43. The van der Waals surface area contributed by atoms with Crippen LogP contribution in [0.25, 0.3) is 60.9 Å². The van der Waals surface area contributed by atoms with Crippen molar-refractivity contribution in [2.75, 3.05) is 10.6 Å². The molecule has 0 saturated carbocycles. The van der Waals surface area contributed by atoms with E-state index in [1.165, 1.54) is 6.20 Å². The van der Waals surface area contributed by atoms with Gasteiger partial charge in [-0.3, -0.25) is 0 Å². The van der Waals surface area contributed by atoms with Crippen LogP contribution in [-0.2, 0) is 0 Å². The van der Waals surface area contributed by atoms with Crippen molar-refractivity contribution in [3.63, 3.8) is 0 Å². The number of rotatable bonds is 5. The van der Waals surface area contributed by atoms with Gasteiger partial charge in [0.15, 0.2) is 11.5 Å². The van der Waals surface area contributed by atoms with Gasteiger partial charge in [-0.2, -0.15) is 21.0 Å². The maximum Gasteiger partial charge on any atom is 0.151 e. The Morgan fingerprint density at radius 3 is 1.57 bits per heavy atom. The molecule has 0 radical (unpaired) electrons. The van der Waals surface area contributed by atoms with Crippen molar-refractivity contribution < 1.29 is 4.74 Å². The summed E-state index contributed by atoms with van der Waals surface area (Å²) in [6.07, 6.45) is 4.70. The summed E-state index contributed by atoms with van der Waals surface area (Å²) in [5, 5.41) is 42.1. The van der Waals surface area contributed by atoms with Gasteiger partial charge in [0.05, 0.1) is 39.3 Å². The second-order valence-corrected chi connectivity index (χ2v) is 13.9. The van der Waals surface area contributed by atoms with Crippen molar-refractivity contribution in [3.05, 3.63) is 169 Å². The largest absolute Gasteiger partial charge is 0.453 e. The van der Waals surface area contributed by atoms with Gasteiger partial charge in [-0.25, -0.2) is 15.0 Å². The molecule has 11 heteroatoms. The smallest absolute Gasteiger partial charge is 0.151 e. The normalized spacial score (nSPS) is 11.4. The molecule has 60 heavy (non-hydrogen) atoms. The fraction of sp³-hybridized carbons (Fsp3) is 0. The molecule has 0 fully saturated rings. The molecule has 5 aromatic carbocycles. The van der Waals surface area contributed by atoms with Gasteiger partial charge in [-0.15, -0.1) is 0 Å². The Morgan fingerprint density at radius 2 is 1.02 bits per heavy atom. The minimum Gasteiger partial charge on any atom is -0.453 e. The zero-order chi connectivity index (χ0) is 40.9. The summed E-state index contributed by atoms with van der Waals surface area (Å²) in [6.45, 7) is 0. The summed E-state index contributed by atoms with van der Waals surface area (Å²) in [5.74, 6) is 1.47. The molecule has 0 bridgehead atoms. The molecule has 4 aromatic heterocycles. The zero-order valence-corrected chi connectivity index (χ0v) is 31.4. The topological polar surface area (TPSA) is 177 Å². The molecule has 0 atom stereocenters. The number of fused-ring (bicyclic) bond motifs is 5.